The number of hydrogen-bond acceptors (Lipinski definition) is 4. The zero-order valence-electron chi connectivity index (χ0n) is 25.6. The average molecular weight is 604 g/mol. The Morgan fingerprint density at radius 2 is 1.30 bits per heavy atom. The Morgan fingerprint density at radius 3 is 1.93 bits per heavy atom. The molecule has 3 N–H and O–H groups in total. The first kappa shape index (κ1) is 31.8. The molecule has 0 bridgehead atoms. The van der Waals surface area contributed by atoms with E-state index in [9.17, 15) is 18.0 Å². The summed E-state index contributed by atoms with van der Waals surface area (Å²) >= 11 is 0. The largest absolute Gasteiger partial charge is 0.322 e. The van der Waals surface area contributed by atoms with E-state index in [0.29, 0.717) is 18.8 Å². The maximum Gasteiger partial charge on any atom is 0.322 e. The van der Waals surface area contributed by atoms with Crippen LogP contribution in [0.1, 0.15) is 64.2 Å². The molecule has 0 radical (unpaired) electrons. The van der Waals surface area contributed by atoms with Crippen LogP contribution in [0, 0.1) is 0 Å². The second-order valence-electron chi connectivity index (χ2n) is 11.5. The molecule has 0 unspecified atom stereocenters. The van der Waals surface area contributed by atoms with Crippen molar-refractivity contribution in [3.8, 4) is 0 Å². The molecule has 0 atom stereocenters. The van der Waals surface area contributed by atoms with E-state index in [4.69, 9.17) is 0 Å². The highest BCUT2D eigenvalue weighted by atomic mass is 32.2. The van der Waals surface area contributed by atoms with Gasteiger partial charge in [-0.2, -0.15) is 12.7 Å². The number of carbonyl (C=O) groups is 1. The van der Waals surface area contributed by atoms with Crippen LogP contribution in [0.25, 0.3) is 10.9 Å². The summed E-state index contributed by atoms with van der Waals surface area (Å²) in [5.41, 5.74) is 5.61. The number of amides is 2. The molecule has 0 spiro atoms. The van der Waals surface area contributed by atoms with E-state index in [1.165, 1.54) is 9.87 Å². The highest BCUT2D eigenvalue weighted by molar-refractivity contribution is 7.90. The minimum Gasteiger partial charge on any atom is -0.322 e. The molecule has 2 amide bonds. The van der Waals surface area contributed by atoms with Crippen LogP contribution in [0.4, 0.5) is 16.2 Å². The second kappa shape index (κ2) is 13.4. The van der Waals surface area contributed by atoms with E-state index in [1.807, 2.05) is 119 Å². The van der Waals surface area contributed by atoms with Crippen LogP contribution >= 0.6 is 0 Å². The number of nitrogens with one attached hydrogen (secondary N) is 3. The summed E-state index contributed by atoms with van der Waals surface area (Å²) in [6.07, 6.45) is 0. The second-order valence-corrected chi connectivity index (χ2v) is 13.1. The van der Waals surface area contributed by atoms with Gasteiger partial charge >= 0.3 is 16.2 Å². The van der Waals surface area contributed by atoms with Gasteiger partial charge in [-0.25, -0.2) is 4.79 Å². The fourth-order valence-electron chi connectivity index (χ4n) is 4.90. The van der Waals surface area contributed by atoms with Crippen molar-refractivity contribution < 1.29 is 13.2 Å². The Kier molecular flexibility index (Phi) is 9.93. The molecular formula is C33H41N5O4S. The normalized spacial score (nSPS) is 15.5. The lowest BCUT2D eigenvalue weighted by Gasteiger charge is -2.32. The van der Waals surface area contributed by atoms with Gasteiger partial charge in [-0.1, -0.05) is 68.4 Å². The lowest BCUT2D eigenvalue weighted by atomic mass is 10.0. The van der Waals surface area contributed by atoms with Crippen LogP contribution in [0.5, 0.6) is 0 Å². The Morgan fingerprint density at radius 1 is 0.721 bits per heavy atom. The van der Waals surface area contributed by atoms with Gasteiger partial charge in [-0.15, -0.1) is 0 Å². The molecule has 2 aliphatic rings. The van der Waals surface area contributed by atoms with Gasteiger partial charge in [0.05, 0.1) is 5.69 Å². The van der Waals surface area contributed by atoms with Crippen molar-refractivity contribution in [2.45, 2.75) is 72.6 Å². The molecule has 3 heterocycles. The number of aromatic nitrogens is 1. The number of hydrogen-bond donors (Lipinski definition) is 3. The van der Waals surface area contributed by atoms with E-state index in [1.54, 1.807) is 6.07 Å². The number of benzene rings is 3. The average Bonchev–Trinajstić information content (AvgIpc) is 2.96. The van der Waals surface area contributed by atoms with Crippen molar-refractivity contribution in [2.24, 2.45) is 0 Å². The number of H-pyrrole nitrogens is 1. The van der Waals surface area contributed by atoms with Crippen molar-refractivity contribution in [1.82, 2.24) is 14.2 Å². The topological polar surface area (TPSA) is 115 Å². The molecule has 1 aromatic heterocycles. The first-order valence-electron chi connectivity index (χ1n) is 14.5. The number of pyridine rings is 1. The predicted octanol–water partition coefficient (Wildman–Crippen LogP) is 6.66. The van der Waals surface area contributed by atoms with E-state index < -0.39 is 10.2 Å². The lowest BCUT2D eigenvalue weighted by Crippen LogP contribution is -2.43. The minimum absolute atomic E-state index is 0.00120. The summed E-state index contributed by atoms with van der Waals surface area (Å²) in [5.74, 6) is 0.267. The summed E-state index contributed by atoms with van der Waals surface area (Å²) < 4.78 is 27.6. The third-order valence-corrected chi connectivity index (χ3v) is 9.00. The Bertz CT molecular complexity index is 1750. The van der Waals surface area contributed by atoms with Gasteiger partial charge in [-0.3, -0.25) is 9.52 Å². The number of nitrogens with zero attached hydrogens (tertiary/aromatic N) is 2. The highest BCUT2D eigenvalue weighted by Crippen LogP contribution is 2.27. The maximum absolute atomic E-state index is 11.8. The molecule has 2 aliphatic heterocycles. The first-order valence-corrected chi connectivity index (χ1v) is 16.0. The van der Waals surface area contributed by atoms with Crippen molar-refractivity contribution in [2.75, 3.05) is 10.0 Å². The van der Waals surface area contributed by atoms with Crippen LogP contribution < -0.4 is 15.6 Å². The molecular weight excluding hydrogens is 562 g/mol. The van der Waals surface area contributed by atoms with Gasteiger partial charge in [0.2, 0.25) is 0 Å². The molecule has 10 heteroatoms. The molecule has 9 nitrogen and oxygen atoms in total. The third kappa shape index (κ3) is 7.63. The van der Waals surface area contributed by atoms with Crippen molar-refractivity contribution in [3.63, 3.8) is 0 Å². The fourth-order valence-corrected chi connectivity index (χ4v) is 6.36. The summed E-state index contributed by atoms with van der Waals surface area (Å²) in [4.78, 5) is 27.9. The summed E-state index contributed by atoms with van der Waals surface area (Å²) in [5, 5.41) is 3.97. The molecule has 228 valence electrons. The number of fused-ring (bicyclic) bond motifs is 3. The van der Waals surface area contributed by atoms with Gasteiger partial charge in [0.15, 0.2) is 0 Å². The van der Waals surface area contributed by atoms with Crippen LogP contribution in [0.15, 0.2) is 83.7 Å². The lowest BCUT2D eigenvalue weighted by molar-refractivity contribution is 0.191. The van der Waals surface area contributed by atoms with Crippen molar-refractivity contribution in [1.29, 1.82) is 0 Å². The summed E-state index contributed by atoms with van der Waals surface area (Å²) in [6, 6.07) is 25.4. The van der Waals surface area contributed by atoms with E-state index >= 15 is 0 Å². The third-order valence-electron chi connectivity index (χ3n) is 7.36. The SMILES string of the molecule is CC(C)N1Cc2ccccc2NC1=O.CC(C)N1Cc2ccccc2NS1(=O)=O.CC(C)c1cc2ccccc2[nH]c1=O. The molecule has 0 aliphatic carbocycles. The number of urea groups is 1. The quantitative estimate of drug-likeness (QED) is 0.243. The highest BCUT2D eigenvalue weighted by Gasteiger charge is 2.30. The molecule has 4 aromatic rings. The minimum atomic E-state index is -3.35. The fraction of sp³-hybridized carbons (Fsp3) is 0.333. The number of anilines is 2. The van der Waals surface area contributed by atoms with Crippen LogP contribution in [-0.2, 0) is 23.3 Å². The smallest absolute Gasteiger partial charge is 0.322 e. The monoisotopic (exact) mass is 603 g/mol. The number of carbonyl (C=O) groups excluding carboxylic acids is 1. The van der Waals surface area contributed by atoms with Gasteiger partial charge in [-0.05, 0) is 74.4 Å². The van der Waals surface area contributed by atoms with Crippen molar-refractivity contribution >= 4 is 38.5 Å². The molecule has 0 fully saturated rings. The molecule has 6 rings (SSSR count). The van der Waals surface area contributed by atoms with E-state index in [-0.39, 0.29) is 29.6 Å². The molecule has 43 heavy (non-hydrogen) atoms. The van der Waals surface area contributed by atoms with Crippen LogP contribution in [-0.4, -0.2) is 40.7 Å². The van der Waals surface area contributed by atoms with E-state index in [2.05, 4.69) is 15.0 Å². The van der Waals surface area contributed by atoms with Crippen molar-refractivity contribution in [3.05, 3.63) is 106 Å². The first-order chi connectivity index (χ1) is 20.4. The number of rotatable bonds is 3. The summed E-state index contributed by atoms with van der Waals surface area (Å²) in [7, 11) is -3.35. The molecule has 3 aromatic carbocycles. The number of aromatic amines is 1. The Hall–Kier alpha value is -4.15. The Labute approximate surface area is 254 Å². The zero-order valence-corrected chi connectivity index (χ0v) is 26.4. The standard InChI is InChI=1S/C12H13NO.C11H14N2O.C10H14N2O2S/c1-8(2)10-7-9-5-3-4-6-11(9)13-12(10)14;1-8(2)13-7-9-5-3-4-6-10(9)12-11(13)14;1-8(2)12-7-9-5-3-4-6-10(9)11-15(12,13)14/h3-8H,1-2H3,(H,13,14);3-6,8H,7H2,1-2H3,(H,12,14);3-6,8,11H,7H2,1-2H3. The van der Waals surface area contributed by atoms with Crippen LogP contribution in [0.2, 0.25) is 0 Å². The Balaban J connectivity index is 0.000000148. The maximum atomic E-state index is 11.8. The van der Waals surface area contributed by atoms with Crippen LogP contribution in [0.3, 0.4) is 0 Å². The zero-order chi connectivity index (χ0) is 31.3. The van der Waals surface area contributed by atoms with Gasteiger partial charge < -0.3 is 15.2 Å². The van der Waals surface area contributed by atoms with E-state index in [0.717, 1.165) is 27.7 Å². The molecule has 0 saturated heterocycles. The van der Waals surface area contributed by atoms with Gasteiger partial charge in [0, 0.05) is 41.9 Å². The molecule has 0 saturated carbocycles. The van der Waals surface area contributed by atoms with Gasteiger partial charge in [0.1, 0.15) is 0 Å². The summed E-state index contributed by atoms with van der Waals surface area (Å²) in [6.45, 7) is 13.0. The predicted molar refractivity (Wildman–Crippen MR) is 174 cm³/mol. The van der Waals surface area contributed by atoms with Gasteiger partial charge in [0.25, 0.3) is 5.56 Å². The number of para-hydroxylation sites is 3.